The molecule has 0 aliphatic heterocycles. The Hall–Kier alpha value is -0.780. The molecule has 21 heavy (non-hydrogen) atoms. The van der Waals surface area contributed by atoms with Crippen LogP contribution < -0.4 is 0 Å². The number of ether oxygens (including phenoxy) is 1. The number of benzene rings is 1. The van der Waals surface area contributed by atoms with Crippen molar-refractivity contribution in [1.29, 1.82) is 0 Å². The first-order valence-electron chi connectivity index (χ1n) is 6.69. The summed E-state index contributed by atoms with van der Waals surface area (Å²) in [5, 5.41) is 0.162. The van der Waals surface area contributed by atoms with Crippen LogP contribution in [0.1, 0.15) is 48.5 Å². The van der Waals surface area contributed by atoms with Crippen LogP contribution >= 0.6 is 22.3 Å². The molecule has 0 aliphatic carbocycles. The van der Waals surface area contributed by atoms with Gasteiger partial charge in [0, 0.05) is 15.7 Å². The summed E-state index contributed by atoms with van der Waals surface area (Å²) in [5.74, 6) is -0.590. The number of carbonyl (C=O) groups is 1. The predicted molar refractivity (Wildman–Crippen MR) is 83.7 cm³/mol. The summed E-state index contributed by atoms with van der Waals surface area (Å²) in [6.07, 6.45) is 3.94. The van der Waals surface area contributed by atoms with Gasteiger partial charge in [0.15, 0.2) is 0 Å². The van der Waals surface area contributed by atoms with Gasteiger partial charge in [0.25, 0.3) is 9.05 Å². The predicted octanol–water partition coefficient (Wildman–Crippen LogP) is 4.31. The smallest absolute Gasteiger partial charge is 0.338 e. The first-order valence-corrected chi connectivity index (χ1v) is 9.38. The van der Waals surface area contributed by atoms with Gasteiger partial charge in [-0.15, -0.1) is 0 Å². The van der Waals surface area contributed by atoms with Crippen LogP contribution in [0.15, 0.2) is 17.0 Å². The van der Waals surface area contributed by atoms with Gasteiger partial charge >= 0.3 is 5.97 Å². The first kappa shape index (κ1) is 18.3. The van der Waals surface area contributed by atoms with Crippen LogP contribution in [0.3, 0.4) is 0 Å². The van der Waals surface area contributed by atoms with Crippen molar-refractivity contribution in [3.63, 3.8) is 0 Å². The van der Waals surface area contributed by atoms with Gasteiger partial charge < -0.3 is 4.74 Å². The van der Waals surface area contributed by atoms with Crippen molar-refractivity contribution in [3.8, 4) is 0 Å². The van der Waals surface area contributed by atoms with E-state index < -0.39 is 15.0 Å². The second kappa shape index (κ2) is 8.01. The zero-order chi connectivity index (χ0) is 16.0. The molecule has 0 radical (unpaired) electrons. The van der Waals surface area contributed by atoms with Gasteiger partial charge in [0.1, 0.15) is 0 Å². The fourth-order valence-electron chi connectivity index (χ4n) is 1.78. The molecule has 0 heterocycles. The van der Waals surface area contributed by atoms with Gasteiger partial charge in [-0.2, -0.15) is 0 Å². The monoisotopic (exact) mass is 352 g/mol. The highest BCUT2D eigenvalue weighted by Gasteiger charge is 2.19. The van der Waals surface area contributed by atoms with Gasteiger partial charge in [0.05, 0.1) is 17.1 Å². The summed E-state index contributed by atoms with van der Waals surface area (Å²) in [5.41, 5.74) is 0.594. The Morgan fingerprint density at radius 3 is 2.48 bits per heavy atom. The molecule has 0 aliphatic rings. The first-order chi connectivity index (χ1) is 9.77. The minimum Gasteiger partial charge on any atom is -0.462 e. The largest absolute Gasteiger partial charge is 0.462 e. The van der Waals surface area contributed by atoms with Crippen molar-refractivity contribution in [1.82, 2.24) is 0 Å². The van der Waals surface area contributed by atoms with Crippen LogP contribution in [-0.4, -0.2) is 21.0 Å². The normalized spacial score (nSPS) is 11.4. The Morgan fingerprint density at radius 1 is 1.24 bits per heavy atom. The van der Waals surface area contributed by atoms with Gasteiger partial charge in [-0.1, -0.05) is 37.8 Å². The fourth-order valence-corrected chi connectivity index (χ4v) is 2.85. The molecule has 1 rings (SSSR count). The third kappa shape index (κ3) is 5.49. The van der Waals surface area contributed by atoms with E-state index in [4.69, 9.17) is 27.0 Å². The van der Waals surface area contributed by atoms with Crippen molar-refractivity contribution < 1.29 is 17.9 Å². The molecule has 0 bridgehead atoms. The van der Waals surface area contributed by atoms with Crippen LogP contribution in [0.4, 0.5) is 0 Å². The molecule has 0 unspecified atom stereocenters. The van der Waals surface area contributed by atoms with Crippen LogP contribution in [0, 0.1) is 6.92 Å². The molecule has 0 saturated heterocycles. The van der Waals surface area contributed by atoms with Crippen molar-refractivity contribution in [3.05, 3.63) is 28.3 Å². The van der Waals surface area contributed by atoms with E-state index in [9.17, 15) is 13.2 Å². The van der Waals surface area contributed by atoms with Gasteiger partial charge in [-0.3, -0.25) is 0 Å². The molecule has 0 atom stereocenters. The lowest BCUT2D eigenvalue weighted by Crippen LogP contribution is -2.10. The van der Waals surface area contributed by atoms with E-state index >= 15 is 0 Å². The summed E-state index contributed by atoms with van der Waals surface area (Å²) in [4.78, 5) is 11.8. The number of unbranched alkanes of at least 4 members (excludes halogenated alkanes) is 3. The lowest BCUT2D eigenvalue weighted by Gasteiger charge is -2.10. The molecule has 0 N–H and O–H groups in total. The molecule has 4 nitrogen and oxygen atoms in total. The Bertz CT molecular complexity index is 612. The highest BCUT2D eigenvalue weighted by molar-refractivity contribution is 8.13. The summed E-state index contributed by atoms with van der Waals surface area (Å²) < 4.78 is 27.9. The highest BCUT2D eigenvalue weighted by Crippen LogP contribution is 2.27. The van der Waals surface area contributed by atoms with E-state index in [-0.39, 0.29) is 15.5 Å². The van der Waals surface area contributed by atoms with Crippen LogP contribution in [0.2, 0.25) is 5.02 Å². The number of halogens is 2. The summed E-state index contributed by atoms with van der Waals surface area (Å²) in [6, 6.07) is 2.41. The fraction of sp³-hybridized carbons (Fsp3) is 0.500. The molecule has 1 aromatic rings. The van der Waals surface area contributed by atoms with Crippen LogP contribution in [0.5, 0.6) is 0 Å². The van der Waals surface area contributed by atoms with E-state index in [0.29, 0.717) is 12.2 Å². The maximum atomic E-state index is 12.0. The molecule has 118 valence electrons. The minimum atomic E-state index is -3.95. The molecule has 0 fully saturated rings. The second-order valence-corrected chi connectivity index (χ2v) is 7.69. The standard InChI is InChI=1S/C14H18Cl2O4S/c1-3-4-5-6-7-20-14(17)12-8-11(21(16,18)19)9-13(15)10(12)2/h8-9H,3-7H2,1-2H3. The van der Waals surface area contributed by atoms with E-state index in [1.165, 1.54) is 12.1 Å². The topological polar surface area (TPSA) is 60.4 Å². The summed E-state index contributed by atoms with van der Waals surface area (Å²) in [7, 11) is 1.33. The van der Waals surface area contributed by atoms with E-state index in [1.807, 2.05) is 0 Å². The maximum absolute atomic E-state index is 12.0. The zero-order valence-corrected chi connectivity index (χ0v) is 14.3. The Kier molecular flexibility index (Phi) is 6.97. The lowest BCUT2D eigenvalue weighted by atomic mass is 10.1. The SMILES string of the molecule is CCCCCCOC(=O)c1cc(S(=O)(=O)Cl)cc(Cl)c1C. The van der Waals surface area contributed by atoms with Crippen molar-refractivity contribution in [2.45, 2.75) is 44.4 Å². The van der Waals surface area contributed by atoms with E-state index in [2.05, 4.69) is 6.92 Å². The van der Waals surface area contributed by atoms with Crippen LogP contribution in [-0.2, 0) is 13.8 Å². The number of esters is 1. The number of hydrogen-bond donors (Lipinski definition) is 0. The molecule has 0 saturated carbocycles. The molecular weight excluding hydrogens is 335 g/mol. The Labute approximate surface area is 134 Å². The second-order valence-electron chi connectivity index (χ2n) is 4.71. The van der Waals surface area contributed by atoms with E-state index in [0.717, 1.165) is 25.7 Å². The molecule has 0 aromatic heterocycles. The molecule has 1 aromatic carbocycles. The van der Waals surface area contributed by atoms with Gasteiger partial charge in [-0.25, -0.2) is 13.2 Å². The molecule has 7 heteroatoms. The average molecular weight is 353 g/mol. The Balaban J connectivity index is 2.86. The van der Waals surface area contributed by atoms with Crippen LogP contribution in [0.25, 0.3) is 0 Å². The minimum absolute atomic E-state index is 0.122. The molecule has 0 amide bonds. The maximum Gasteiger partial charge on any atom is 0.338 e. The third-order valence-electron chi connectivity index (χ3n) is 3.05. The number of hydrogen-bond acceptors (Lipinski definition) is 4. The van der Waals surface area contributed by atoms with Crippen molar-refractivity contribution in [2.75, 3.05) is 6.61 Å². The third-order valence-corrected chi connectivity index (χ3v) is 4.78. The summed E-state index contributed by atoms with van der Waals surface area (Å²) >= 11 is 5.94. The zero-order valence-electron chi connectivity index (χ0n) is 12.0. The van der Waals surface area contributed by atoms with Gasteiger partial charge in [0.2, 0.25) is 0 Å². The number of rotatable bonds is 7. The summed E-state index contributed by atoms with van der Waals surface area (Å²) in [6.45, 7) is 4.02. The average Bonchev–Trinajstić information content (AvgIpc) is 2.40. The molecular formula is C14H18Cl2O4S. The van der Waals surface area contributed by atoms with Crippen molar-refractivity contribution in [2.24, 2.45) is 0 Å². The number of carbonyl (C=O) groups excluding carboxylic acids is 1. The van der Waals surface area contributed by atoms with Crippen molar-refractivity contribution >= 4 is 37.3 Å². The molecule has 0 spiro atoms. The Morgan fingerprint density at radius 2 is 1.90 bits per heavy atom. The highest BCUT2D eigenvalue weighted by atomic mass is 35.7. The quantitative estimate of drug-likeness (QED) is 0.416. The lowest BCUT2D eigenvalue weighted by molar-refractivity contribution is 0.0496. The van der Waals surface area contributed by atoms with E-state index in [1.54, 1.807) is 6.92 Å². The van der Waals surface area contributed by atoms with Gasteiger partial charge in [-0.05, 0) is 31.0 Å².